The van der Waals surface area contributed by atoms with Gasteiger partial charge in [0, 0.05) is 11.3 Å². The molecule has 0 aromatic rings. The Morgan fingerprint density at radius 3 is 2.50 bits per heavy atom. The lowest BCUT2D eigenvalue weighted by molar-refractivity contribution is -0.132. The second kappa shape index (κ2) is 2.91. The molecule has 0 radical (unpaired) electrons. The summed E-state index contributed by atoms with van der Waals surface area (Å²) in [6, 6.07) is 0. The second-order valence-corrected chi connectivity index (χ2v) is 7.23. The fourth-order valence-electron chi connectivity index (χ4n) is 5.34. The number of rotatable bonds is 1. The Labute approximate surface area is 99.0 Å². The van der Waals surface area contributed by atoms with Crippen molar-refractivity contribution in [3.8, 4) is 0 Å². The van der Waals surface area contributed by atoms with Gasteiger partial charge in [0.05, 0.1) is 0 Å². The molecule has 0 N–H and O–H groups in total. The zero-order chi connectivity index (χ0) is 11.7. The minimum Gasteiger partial charge on any atom is -0.299 e. The van der Waals surface area contributed by atoms with Gasteiger partial charge in [0.15, 0.2) is 0 Å². The van der Waals surface area contributed by atoms with Gasteiger partial charge in [0.1, 0.15) is 5.78 Å². The van der Waals surface area contributed by atoms with E-state index in [1.807, 2.05) is 0 Å². The van der Waals surface area contributed by atoms with Crippen LogP contribution in [0.1, 0.15) is 53.4 Å². The summed E-state index contributed by atoms with van der Waals surface area (Å²) in [4.78, 5) is 12.7. The lowest BCUT2D eigenvalue weighted by Crippen LogP contribution is -2.36. The van der Waals surface area contributed by atoms with Crippen molar-refractivity contribution in [1.82, 2.24) is 0 Å². The molecule has 0 heterocycles. The van der Waals surface area contributed by atoms with Gasteiger partial charge in [-0.3, -0.25) is 4.79 Å². The van der Waals surface area contributed by atoms with Crippen molar-refractivity contribution < 1.29 is 4.79 Å². The Hall–Kier alpha value is -0.330. The summed E-state index contributed by atoms with van der Waals surface area (Å²) in [5, 5.41) is 0. The number of carbonyl (C=O) groups excluding carboxylic acids is 1. The first kappa shape index (κ1) is 10.8. The SMILES string of the molecule is CC(C)[C@@H]1CC[C@@]2(C)[C@@H]3CC[C@@]2(C)C(=O)[C@@H]31. The fraction of sp³-hybridized carbons (Fsp3) is 0.933. The van der Waals surface area contributed by atoms with Crippen LogP contribution >= 0.6 is 0 Å². The van der Waals surface area contributed by atoms with Crippen molar-refractivity contribution >= 4 is 5.78 Å². The van der Waals surface area contributed by atoms with E-state index in [2.05, 4.69) is 27.7 Å². The molecule has 3 aliphatic carbocycles. The van der Waals surface area contributed by atoms with Crippen LogP contribution in [-0.4, -0.2) is 5.78 Å². The van der Waals surface area contributed by atoms with Crippen LogP contribution in [-0.2, 0) is 4.79 Å². The maximum absolute atomic E-state index is 12.7. The molecule has 3 rings (SSSR count). The van der Waals surface area contributed by atoms with Crippen LogP contribution in [0.3, 0.4) is 0 Å². The zero-order valence-electron chi connectivity index (χ0n) is 11.0. The molecule has 16 heavy (non-hydrogen) atoms. The molecule has 3 fully saturated rings. The van der Waals surface area contributed by atoms with Gasteiger partial charge in [0.25, 0.3) is 0 Å². The second-order valence-electron chi connectivity index (χ2n) is 7.23. The Morgan fingerprint density at radius 1 is 1.19 bits per heavy atom. The third kappa shape index (κ3) is 0.926. The first-order valence-electron chi connectivity index (χ1n) is 6.96. The summed E-state index contributed by atoms with van der Waals surface area (Å²) in [7, 11) is 0. The molecule has 0 spiro atoms. The van der Waals surface area contributed by atoms with Gasteiger partial charge in [0.2, 0.25) is 0 Å². The summed E-state index contributed by atoms with van der Waals surface area (Å²) < 4.78 is 0. The quantitative estimate of drug-likeness (QED) is 0.659. The Morgan fingerprint density at radius 2 is 1.88 bits per heavy atom. The molecule has 5 atom stereocenters. The number of hydrogen-bond donors (Lipinski definition) is 0. The molecule has 4 bridgehead atoms. The molecule has 0 aromatic heterocycles. The van der Waals surface area contributed by atoms with Gasteiger partial charge in [-0.1, -0.05) is 27.7 Å². The van der Waals surface area contributed by atoms with Crippen LogP contribution in [0.15, 0.2) is 0 Å². The van der Waals surface area contributed by atoms with E-state index < -0.39 is 0 Å². The summed E-state index contributed by atoms with van der Waals surface area (Å²) in [6.45, 7) is 9.26. The summed E-state index contributed by atoms with van der Waals surface area (Å²) in [5.41, 5.74) is 0.381. The van der Waals surface area contributed by atoms with Crippen LogP contribution in [0.5, 0.6) is 0 Å². The summed E-state index contributed by atoms with van der Waals surface area (Å²) >= 11 is 0. The van der Waals surface area contributed by atoms with Crippen LogP contribution in [0.25, 0.3) is 0 Å². The lowest BCUT2D eigenvalue weighted by Gasteiger charge is -2.42. The molecule has 3 saturated carbocycles. The van der Waals surface area contributed by atoms with Gasteiger partial charge in [-0.25, -0.2) is 0 Å². The number of ketones is 1. The number of carbonyl (C=O) groups is 1. The molecule has 90 valence electrons. The van der Waals surface area contributed by atoms with E-state index in [4.69, 9.17) is 0 Å². The highest BCUT2D eigenvalue weighted by Gasteiger charge is 2.70. The lowest BCUT2D eigenvalue weighted by atomic mass is 9.61. The average molecular weight is 220 g/mol. The highest BCUT2D eigenvalue weighted by atomic mass is 16.1. The smallest absolute Gasteiger partial charge is 0.142 e. The van der Waals surface area contributed by atoms with E-state index in [9.17, 15) is 4.79 Å². The normalized spacial score (nSPS) is 55.1. The van der Waals surface area contributed by atoms with E-state index in [-0.39, 0.29) is 5.41 Å². The van der Waals surface area contributed by atoms with Gasteiger partial charge in [-0.2, -0.15) is 0 Å². The third-order valence-corrected chi connectivity index (χ3v) is 6.63. The van der Waals surface area contributed by atoms with Gasteiger partial charge in [-0.05, 0) is 48.9 Å². The van der Waals surface area contributed by atoms with Crippen molar-refractivity contribution in [1.29, 1.82) is 0 Å². The van der Waals surface area contributed by atoms with Gasteiger partial charge >= 0.3 is 0 Å². The Balaban J connectivity index is 2.06. The predicted molar refractivity (Wildman–Crippen MR) is 65.0 cm³/mol. The molecule has 1 nitrogen and oxygen atoms in total. The molecule has 0 saturated heterocycles. The van der Waals surface area contributed by atoms with E-state index >= 15 is 0 Å². The summed E-state index contributed by atoms with van der Waals surface area (Å²) in [5.74, 6) is 3.11. The van der Waals surface area contributed by atoms with E-state index in [0.29, 0.717) is 34.9 Å². The number of hydrogen-bond acceptors (Lipinski definition) is 1. The van der Waals surface area contributed by atoms with Crippen LogP contribution in [0, 0.1) is 34.5 Å². The van der Waals surface area contributed by atoms with Crippen molar-refractivity contribution in [2.45, 2.75) is 53.4 Å². The van der Waals surface area contributed by atoms with E-state index in [1.54, 1.807) is 0 Å². The molecule has 1 heteroatoms. The van der Waals surface area contributed by atoms with E-state index in [0.717, 1.165) is 6.42 Å². The van der Waals surface area contributed by atoms with Crippen LogP contribution < -0.4 is 0 Å². The minimum atomic E-state index is 0.0337. The first-order chi connectivity index (χ1) is 7.42. The van der Waals surface area contributed by atoms with Crippen molar-refractivity contribution in [3.63, 3.8) is 0 Å². The molecule has 0 aromatic carbocycles. The first-order valence-corrected chi connectivity index (χ1v) is 6.96. The predicted octanol–water partition coefficient (Wildman–Crippen LogP) is 3.67. The highest BCUT2D eigenvalue weighted by Crippen LogP contribution is 2.72. The monoisotopic (exact) mass is 220 g/mol. The van der Waals surface area contributed by atoms with Gasteiger partial charge < -0.3 is 0 Å². The van der Waals surface area contributed by atoms with Gasteiger partial charge in [-0.15, -0.1) is 0 Å². The fourth-order valence-corrected chi connectivity index (χ4v) is 5.34. The topological polar surface area (TPSA) is 17.1 Å². The molecular weight excluding hydrogens is 196 g/mol. The molecule has 0 amide bonds. The average Bonchev–Trinajstić information content (AvgIpc) is 2.53. The minimum absolute atomic E-state index is 0.0337. The zero-order valence-corrected chi connectivity index (χ0v) is 11.0. The molecule has 0 aliphatic heterocycles. The summed E-state index contributed by atoms with van der Waals surface area (Å²) in [6.07, 6.45) is 5.05. The van der Waals surface area contributed by atoms with E-state index in [1.165, 1.54) is 19.3 Å². The Bertz CT molecular complexity index is 345. The standard InChI is InChI=1S/C15H24O/c1-9(2)10-5-7-14(3)11-6-8-15(14,4)13(16)12(10)11/h9-12H,5-8H2,1-4H3/t10-,11+,12+,14-,15-/m0/s1. The molecule has 0 unspecified atom stereocenters. The number of Topliss-reactive ketones (excluding diaryl/α,β-unsaturated/α-hetero) is 1. The molecule has 3 aliphatic rings. The highest BCUT2D eigenvalue weighted by molar-refractivity contribution is 5.92. The molecular formula is C15H24O. The third-order valence-electron chi connectivity index (χ3n) is 6.63. The largest absolute Gasteiger partial charge is 0.299 e. The van der Waals surface area contributed by atoms with Crippen molar-refractivity contribution in [2.24, 2.45) is 34.5 Å². The van der Waals surface area contributed by atoms with Crippen LogP contribution in [0.2, 0.25) is 0 Å². The van der Waals surface area contributed by atoms with Crippen molar-refractivity contribution in [3.05, 3.63) is 0 Å². The maximum atomic E-state index is 12.7. The van der Waals surface area contributed by atoms with Crippen LogP contribution in [0.4, 0.5) is 0 Å². The van der Waals surface area contributed by atoms with Crippen molar-refractivity contribution in [2.75, 3.05) is 0 Å². The Kier molecular flexibility index (Phi) is 1.97. The maximum Gasteiger partial charge on any atom is 0.142 e.